The monoisotopic (exact) mass is 308 g/mol. The van der Waals surface area contributed by atoms with Gasteiger partial charge < -0.3 is 20.7 Å². The molecule has 3 aromatic carbocycles. The molecule has 0 aromatic heterocycles. The van der Waals surface area contributed by atoms with Gasteiger partial charge in [-0.15, -0.1) is 10.2 Å². The van der Waals surface area contributed by atoms with E-state index in [0.29, 0.717) is 5.69 Å². The predicted octanol–water partition coefficient (Wildman–Crippen LogP) is 3.78. The molecular weight excluding hydrogens is 294 g/mol. The smallest absolute Gasteiger partial charge is 0.159 e. The quantitative estimate of drug-likeness (QED) is 0.569. The van der Waals surface area contributed by atoms with Crippen LogP contribution in [0, 0.1) is 17.3 Å². The van der Waals surface area contributed by atoms with Gasteiger partial charge in [-0.05, 0) is 30.0 Å². The summed E-state index contributed by atoms with van der Waals surface area (Å²) in [6.07, 6.45) is 0. The molecule has 116 valence electrons. The summed E-state index contributed by atoms with van der Waals surface area (Å²) >= 11 is 0. The molecule has 0 saturated carbocycles. The van der Waals surface area contributed by atoms with E-state index in [1.807, 2.05) is 24.3 Å². The zero-order chi connectivity index (χ0) is 16.4. The topological polar surface area (TPSA) is 95.5 Å². The first kappa shape index (κ1) is 15.1. The third kappa shape index (κ3) is 3.04. The van der Waals surface area contributed by atoms with Crippen molar-refractivity contribution in [1.82, 2.24) is 0 Å². The minimum absolute atomic E-state index is 0.0189. The van der Waals surface area contributed by atoms with E-state index in [2.05, 4.69) is 10.2 Å². The van der Waals surface area contributed by atoms with Crippen LogP contribution in [-0.4, -0.2) is 5.11 Å². The number of hydrogen-bond acceptors (Lipinski definition) is 5. The van der Waals surface area contributed by atoms with Gasteiger partial charge in [-0.1, -0.05) is 36.4 Å². The standard InChI is InChI=1S/C17H14N3O3/c1-11-6-8-14(15(10-11)20(22)23)18-19-17-13-5-3-2-4-12(13)7-9-16(17)21/h2-10,20-21H,1H3/q-1. The Morgan fingerprint density at radius 1 is 0.957 bits per heavy atom. The van der Waals surface area contributed by atoms with E-state index < -0.39 is 5.23 Å². The molecule has 2 N–H and O–H groups in total. The van der Waals surface area contributed by atoms with Crippen LogP contribution in [0.5, 0.6) is 5.75 Å². The van der Waals surface area contributed by atoms with Crippen molar-refractivity contribution < 1.29 is 10.3 Å². The first-order valence-corrected chi connectivity index (χ1v) is 7.01. The summed E-state index contributed by atoms with van der Waals surface area (Å²) in [7, 11) is 0. The fraction of sp³-hybridized carbons (Fsp3) is 0.0588. The normalized spacial score (nSPS) is 11.7. The predicted molar refractivity (Wildman–Crippen MR) is 88.3 cm³/mol. The third-order valence-corrected chi connectivity index (χ3v) is 3.51. The van der Waals surface area contributed by atoms with E-state index in [1.165, 1.54) is 12.1 Å². The van der Waals surface area contributed by atoms with Gasteiger partial charge in [-0.25, -0.2) is 0 Å². The highest BCUT2D eigenvalue weighted by atomic mass is 16.8. The van der Waals surface area contributed by atoms with Crippen LogP contribution in [0.3, 0.4) is 0 Å². The molecule has 0 saturated heterocycles. The van der Waals surface area contributed by atoms with Gasteiger partial charge >= 0.3 is 0 Å². The maximum absolute atomic E-state index is 11.2. The van der Waals surface area contributed by atoms with Crippen molar-refractivity contribution in [3.05, 3.63) is 70.6 Å². The summed E-state index contributed by atoms with van der Waals surface area (Å²) in [5.74, 6) is -0.0189. The molecule has 6 nitrogen and oxygen atoms in total. The molecular formula is C17H14N3O3-. The molecule has 0 spiro atoms. The van der Waals surface area contributed by atoms with Gasteiger partial charge in [0.1, 0.15) is 17.1 Å². The molecule has 3 aromatic rings. The number of quaternary nitrogens is 1. The molecule has 0 aliphatic carbocycles. The van der Waals surface area contributed by atoms with Crippen LogP contribution in [-0.2, 0) is 0 Å². The molecule has 0 aliphatic heterocycles. The number of aromatic hydroxyl groups is 1. The maximum Gasteiger partial charge on any atom is 0.159 e. The Hall–Kier alpha value is -2.80. The number of phenolic OH excluding ortho intramolecular Hbond substituents is 1. The Balaban J connectivity index is 2.09. The summed E-state index contributed by atoms with van der Waals surface area (Å²) in [6.45, 7) is 1.78. The van der Waals surface area contributed by atoms with E-state index in [4.69, 9.17) is 0 Å². The van der Waals surface area contributed by atoms with Crippen molar-refractivity contribution in [2.45, 2.75) is 6.92 Å². The molecule has 0 amide bonds. The van der Waals surface area contributed by atoms with E-state index in [0.717, 1.165) is 16.3 Å². The number of aryl methyl sites for hydroxylation is 1. The first-order chi connectivity index (χ1) is 11.1. The molecule has 6 heteroatoms. The van der Waals surface area contributed by atoms with Gasteiger partial charge in [0.25, 0.3) is 0 Å². The SMILES string of the molecule is Cc1ccc(N=Nc2c(O)ccc3ccccc23)c([NH+]([O-])[O-])c1. The van der Waals surface area contributed by atoms with Gasteiger partial charge in [0.15, 0.2) is 5.69 Å². The average Bonchev–Trinajstić information content (AvgIpc) is 2.54. The highest BCUT2D eigenvalue weighted by Crippen LogP contribution is 2.36. The molecule has 23 heavy (non-hydrogen) atoms. The van der Waals surface area contributed by atoms with E-state index in [1.54, 1.807) is 25.1 Å². The number of hydrogen-bond donors (Lipinski definition) is 2. The van der Waals surface area contributed by atoms with Crippen molar-refractivity contribution in [3.8, 4) is 5.75 Å². The minimum Gasteiger partial charge on any atom is -0.628 e. The summed E-state index contributed by atoms with van der Waals surface area (Å²) in [4.78, 5) is 0. The summed E-state index contributed by atoms with van der Waals surface area (Å²) < 4.78 is 0. The zero-order valence-corrected chi connectivity index (χ0v) is 12.4. The van der Waals surface area contributed by atoms with Crippen molar-refractivity contribution in [1.29, 1.82) is 0 Å². The van der Waals surface area contributed by atoms with Crippen molar-refractivity contribution in [2.75, 3.05) is 0 Å². The lowest BCUT2D eigenvalue weighted by atomic mass is 10.1. The van der Waals surface area contributed by atoms with Crippen LogP contribution in [0.25, 0.3) is 10.8 Å². The second kappa shape index (κ2) is 6.13. The molecule has 0 fully saturated rings. The molecule has 3 rings (SSSR count). The van der Waals surface area contributed by atoms with Gasteiger partial charge in [0.2, 0.25) is 0 Å². The van der Waals surface area contributed by atoms with Crippen LogP contribution in [0.2, 0.25) is 0 Å². The Labute approximate surface area is 132 Å². The summed E-state index contributed by atoms with van der Waals surface area (Å²) in [6, 6.07) is 15.5. The van der Waals surface area contributed by atoms with Crippen LogP contribution >= 0.6 is 0 Å². The van der Waals surface area contributed by atoms with Crippen molar-refractivity contribution in [3.63, 3.8) is 0 Å². The van der Waals surface area contributed by atoms with Crippen LogP contribution in [0.1, 0.15) is 5.56 Å². The van der Waals surface area contributed by atoms with Gasteiger partial charge in [0, 0.05) is 11.5 Å². The van der Waals surface area contributed by atoms with Gasteiger partial charge in [-0.2, -0.15) is 0 Å². The van der Waals surface area contributed by atoms with Gasteiger partial charge in [-0.3, -0.25) is 0 Å². The molecule has 0 heterocycles. The highest BCUT2D eigenvalue weighted by molar-refractivity contribution is 5.95. The number of rotatable bonds is 3. The Morgan fingerprint density at radius 2 is 1.74 bits per heavy atom. The fourth-order valence-corrected chi connectivity index (χ4v) is 2.35. The number of fused-ring (bicyclic) bond motifs is 1. The fourth-order valence-electron chi connectivity index (χ4n) is 2.35. The summed E-state index contributed by atoms with van der Waals surface area (Å²) in [5, 5.41) is 40.8. The average molecular weight is 308 g/mol. The van der Waals surface area contributed by atoms with E-state index >= 15 is 0 Å². The first-order valence-electron chi connectivity index (χ1n) is 7.01. The van der Waals surface area contributed by atoms with Crippen molar-refractivity contribution >= 4 is 27.8 Å². The van der Waals surface area contributed by atoms with Crippen LogP contribution < -0.4 is 5.23 Å². The minimum atomic E-state index is -1.32. The third-order valence-electron chi connectivity index (χ3n) is 3.51. The largest absolute Gasteiger partial charge is 0.628 e. The van der Waals surface area contributed by atoms with Crippen LogP contribution in [0.4, 0.5) is 17.1 Å². The van der Waals surface area contributed by atoms with E-state index in [9.17, 15) is 15.5 Å². The number of benzene rings is 3. The molecule has 0 bridgehead atoms. The van der Waals surface area contributed by atoms with Crippen molar-refractivity contribution in [2.24, 2.45) is 10.2 Å². The highest BCUT2D eigenvalue weighted by Gasteiger charge is 2.08. The molecule has 0 aliphatic rings. The lowest BCUT2D eigenvalue weighted by Crippen LogP contribution is -2.96. The second-order valence-corrected chi connectivity index (χ2v) is 5.16. The number of nitrogens with zero attached hydrogens (tertiary/aromatic N) is 2. The van der Waals surface area contributed by atoms with Gasteiger partial charge in [0.05, 0.1) is 0 Å². The Bertz CT molecular complexity index is 891. The van der Waals surface area contributed by atoms with E-state index in [-0.39, 0.29) is 17.1 Å². The second-order valence-electron chi connectivity index (χ2n) is 5.16. The van der Waals surface area contributed by atoms with Crippen LogP contribution in [0.15, 0.2) is 64.8 Å². The number of phenols is 1. The zero-order valence-electron chi connectivity index (χ0n) is 12.4. The molecule has 0 unspecified atom stereocenters. The maximum atomic E-state index is 11.2. The molecule has 0 atom stereocenters. The number of nitrogens with one attached hydrogen (secondary N) is 1. The lowest BCUT2D eigenvalue weighted by Gasteiger charge is -2.25. The summed E-state index contributed by atoms with van der Waals surface area (Å²) in [5.41, 5.74) is 1.24. The Kier molecular flexibility index (Phi) is 4.03. The lowest BCUT2D eigenvalue weighted by molar-refractivity contribution is -0.714. The molecule has 0 radical (unpaired) electrons. The number of azo groups is 1. The Morgan fingerprint density at radius 3 is 2.52 bits per heavy atom.